The molecule has 0 saturated carbocycles. The number of amides is 1. The monoisotopic (exact) mass is 251 g/mol. The van der Waals surface area contributed by atoms with Gasteiger partial charge in [0.15, 0.2) is 0 Å². The van der Waals surface area contributed by atoms with E-state index in [1.165, 1.54) is 0 Å². The van der Waals surface area contributed by atoms with Gasteiger partial charge in [-0.15, -0.1) is 0 Å². The maximum Gasteiger partial charge on any atom is 0.419 e. The highest BCUT2D eigenvalue weighted by Crippen LogP contribution is 2.21. The number of hydrogen-bond donors (Lipinski definition) is 2. The Labute approximate surface area is 106 Å². The summed E-state index contributed by atoms with van der Waals surface area (Å²) in [6.45, 7) is 7.08. The molecule has 0 fully saturated rings. The van der Waals surface area contributed by atoms with E-state index in [2.05, 4.69) is 20.4 Å². The zero-order chi connectivity index (χ0) is 13.8. The van der Waals surface area contributed by atoms with E-state index in [1.54, 1.807) is 18.3 Å². The van der Waals surface area contributed by atoms with Gasteiger partial charge in [0, 0.05) is 18.7 Å². The van der Waals surface area contributed by atoms with Gasteiger partial charge in [-0.2, -0.15) is 0 Å². The SMILES string of the molecule is CC(=O)OC(=O)Nc1cccnc1NC(C)(C)C. The number of aromatic nitrogens is 1. The Hall–Kier alpha value is -2.11. The first-order valence-corrected chi connectivity index (χ1v) is 5.50. The molecule has 1 heterocycles. The van der Waals surface area contributed by atoms with Crippen molar-refractivity contribution in [3.63, 3.8) is 0 Å². The fourth-order valence-electron chi connectivity index (χ4n) is 1.23. The second kappa shape index (κ2) is 5.48. The third-order valence-corrected chi connectivity index (χ3v) is 1.77. The van der Waals surface area contributed by atoms with E-state index < -0.39 is 12.1 Å². The van der Waals surface area contributed by atoms with Crippen LogP contribution in [0.4, 0.5) is 16.3 Å². The second-order valence-electron chi connectivity index (χ2n) is 4.78. The highest BCUT2D eigenvalue weighted by Gasteiger charge is 2.15. The molecule has 0 aliphatic carbocycles. The minimum atomic E-state index is -0.826. The fraction of sp³-hybridized carbons (Fsp3) is 0.417. The van der Waals surface area contributed by atoms with E-state index in [0.717, 1.165) is 6.92 Å². The maximum atomic E-state index is 11.3. The maximum absolute atomic E-state index is 11.3. The van der Waals surface area contributed by atoms with Crippen molar-refractivity contribution in [1.29, 1.82) is 0 Å². The minimum absolute atomic E-state index is 0.199. The molecule has 1 aromatic rings. The molecule has 0 aliphatic heterocycles. The number of carbonyl (C=O) groups excluding carboxylic acids is 2. The van der Waals surface area contributed by atoms with Crippen molar-refractivity contribution in [3.8, 4) is 0 Å². The predicted octanol–water partition coefficient (Wildman–Crippen LogP) is 2.39. The standard InChI is InChI=1S/C12H17N3O3/c1-8(16)18-11(17)14-9-6-5-7-13-10(9)15-12(2,3)4/h5-7H,1-4H3,(H,13,15)(H,14,17). The van der Waals surface area contributed by atoms with Crippen LogP contribution in [0.15, 0.2) is 18.3 Å². The molecule has 2 N–H and O–H groups in total. The Morgan fingerprint density at radius 1 is 1.33 bits per heavy atom. The molecule has 1 rings (SSSR count). The lowest BCUT2D eigenvalue weighted by Gasteiger charge is -2.22. The third-order valence-electron chi connectivity index (χ3n) is 1.77. The Morgan fingerprint density at radius 2 is 2.00 bits per heavy atom. The zero-order valence-electron chi connectivity index (χ0n) is 10.9. The van der Waals surface area contributed by atoms with Crippen molar-refractivity contribution in [2.45, 2.75) is 33.2 Å². The van der Waals surface area contributed by atoms with Gasteiger partial charge >= 0.3 is 12.1 Å². The molecular weight excluding hydrogens is 234 g/mol. The van der Waals surface area contributed by atoms with Crippen molar-refractivity contribution >= 4 is 23.6 Å². The molecule has 1 amide bonds. The summed E-state index contributed by atoms with van der Waals surface area (Å²) in [5, 5.41) is 5.60. The number of anilines is 2. The Morgan fingerprint density at radius 3 is 2.56 bits per heavy atom. The number of ether oxygens (including phenoxy) is 1. The molecule has 0 spiro atoms. The molecule has 6 nitrogen and oxygen atoms in total. The van der Waals surface area contributed by atoms with Crippen LogP contribution in [0.25, 0.3) is 0 Å². The normalized spacial score (nSPS) is 10.7. The highest BCUT2D eigenvalue weighted by molar-refractivity contribution is 5.94. The largest absolute Gasteiger partial charge is 0.419 e. The van der Waals surface area contributed by atoms with Crippen LogP contribution in [0.1, 0.15) is 27.7 Å². The van der Waals surface area contributed by atoms with Gasteiger partial charge in [-0.3, -0.25) is 10.1 Å². The average molecular weight is 251 g/mol. The summed E-state index contributed by atoms with van der Waals surface area (Å²) in [7, 11) is 0. The number of esters is 1. The van der Waals surface area contributed by atoms with Gasteiger partial charge < -0.3 is 10.1 Å². The summed E-state index contributed by atoms with van der Waals surface area (Å²) in [6, 6.07) is 3.35. The van der Waals surface area contributed by atoms with Crippen LogP contribution < -0.4 is 10.6 Å². The number of carbonyl (C=O) groups is 2. The van der Waals surface area contributed by atoms with Crippen LogP contribution in [0.2, 0.25) is 0 Å². The molecule has 0 bridgehead atoms. The third kappa shape index (κ3) is 4.82. The Kier molecular flexibility index (Phi) is 4.25. The average Bonchev–Trinajstić information content (AvgIpc) is 2.17. The molecule has 0 radical (unpaired) electrons. The van der Waals surface area contributed by atoms with Gasteiger partial charge in [-0.05, 0) is 32.9 Å². The molecule has 6 heteroatoms. The van der Waals surface area contributed by atoms with E-state index in [9.17, 15) is 9.59 Å². The molecule has 1 aromatic heterocycles. The topological polar surface area (TPSA) is 80.3 Å². The molecule has 0 saturated heterocycles. The summed E-state index contributed by atoms with van der Waals surface area (Å²) < 4.78 is 4.39. The van der Waals surface area contributed by atoms with Crippen molar-refractivity contribution in [1.82, 2.24) is 4.98 Å². The van der Waals surface area contributed by atoms with Gasteiger partial charge in [0.25, 0.3) is 0 Å². The molecule has 0 atom stereocenters. The molecular formula is C12H17N3O3. The summed E-state index contributed by atoms with van der Waals surface area (Å²) in [5.74, 6) is -0.146. The Bertz CT molecular complexity index is 452. The van der Waals surface area contributed by atoms with Crippen LogP contribution >= 0.6 is 0 Å². The lowest BCUT2D eigenvalue weighted by molar-refractivity contribution is -0.134. The molecule has 98 valence electrons. The predicted molar refractivity (Wildman–Crippen MR) is 68.4 cm³/mol. The number of nitrogens with zero attached hydrogens (tertiary/aromatic N) is 1. The van der Waals surface area contributed by atoms with E-state index >= 15 is 0 Å². The lowest BCUT2D eigenvalue weighted by atomic mass is 10.1. The first-order chi connectivity index (χ1) is 8.28. The van der Waals surface area contributed by atoms with Gasteiger partial charge in [0.05, 0.1) is 5.69 Å². The second-order valence-corrected chi connectivity index (χ2v) is 4.78. The minimum Gasteiger partial charge on any atom is -0.376 e. The number of hydrogen-bond acceptors (Lipinski definition) is 5. The van der Waals surface area contributed by atoms with Crippen LogP contribution in [0, 0.1) is 0 Å². The van der Waals surface area contributed by atoms with Crippen molar-refractivity contribution in [3.05, 3.63) is 18.3 Å². The number of pyridine rings is 1. The molecule has 0 aliphatic rings. The van der Waals surface area contributed by atoms with Crippen LogP contribution in [-0.2, 0) is 9.53 Å². The first-order valence-electron chi connectivity index (χ1n) is 5.50. The number of rotatable bonds is 2. The van der Waals surface area contributed by atoms with Gasteiger partial charge in [0.1, 0.15) is 5.82 Å². The summed E-state index contributed by atoms with van der Waals surface area (Å²) in [4.78, 5) is 26.1. The van der Waals surface area contributed by atoms with E-state index in [-0.39, 0.29) is 5.54 Å². The highest BCUT2D eigenvalue weighted by atomic mass is 16.6. The zero-order valence-corrected chi connectivity index (χ0v) is 10.9. The van der Waals surface area contributed by atoms with Crippen molar-refractivity contribution < 1.29 is 14.3 Å². The quantitative estimate of drug-likeness (QED) is 0.623. The van der Waals surface area contributed by atoms with Crippen molar-refractivity contribution in [2.75, 3.05) is 10.6 Å². The smallest absolute Gasteiger partial charge is 0.376 e. The van der Waals surface area contributed by atoms with Crippen LogP contribution in [-0.4, -0.2) is 22.6 Å². The van der Waals surface area contributed by atoms with E-state index in [0.29, 0.717) is 11.5 Å². The first kappa shape index (κ1) is 14.0. The van der Waals surface area contributed by atoms with Gasteiger partial charge in [-0.25, -0.2) is 9.78 Å². The summed E-state index contributed by atoms with van der Waals surface area (Å²) in [6.07, 6.45) is 0.780. The van der Waals surface area contributed by atoms with Crippen molar-refractivity contribution in [2.24, 2.45) is 0 Å². The van der Waals surface area contributed by atoms with Gasteiger partial charge in [0.2, 0.25) is 0 Å². The van der Waals surface area contributed by atoms with Crippen LogP contribution in [0.3, 0.4) is 0 Å². The molecule has 0 unspecified atom stereocenters. The number of nitrogens with one attached hydrogen (secondary N) is 2. The summed E-state index contributed by atoms with van der Waals surface area (Å²) in [5.41, 5.74) is 0.258. The lowest BCUT2D eigenvalue weighted by Crippen LogP contribution is -2.28. The Balaban J connectivity index is 2.82. The fourth-order valence-corrected chi connectivity index (χ4v) is 1.23. The van der Waals surface area contributed by atoms with E-state index in [4.69, 9.17) is 0 Å². The van der Waals surface area contributed by atoms with Crippen LogP contribution in [0.5, 0.6) is 0 Å². The van der Waals surface area contributed by atoms with E-state index in [1.807, 2.05) is 20.8 Å². The molecule has 18 heavy (non-hydrogen) atoms. The molecule has 0 aromatic carbocycles. The van der Waals surface area contributed by atoms with Gasteiger partial charge in [-0.1, -0.05) is 0 Å². The summed E-state index contributed by atoms with van der Waals surface area (Å²) >= 11 is 0.